The first kappa shape index (κ1) is 22.4. The Hall–Kier alpha value is -3.33. The molecule has 0 bridgehead atoms. The Labute approximate surface area is 184 Å². The van der Waals surface area contributed by atoms with Crippen molar-refractivity contribution in [2.75, 3.05) is 26.1 Å². The van der Waals surface area contributed by atoms with E-state index < -0.39 is 11.2 Å². The van der Waals surface area contributed by atoms with Crippen LogP contribution in [-0.2, 0) is 14.3 Å². The van der Waals surface area contributed by atoms with Crippen molar-refractivity contribution in [1.29, 1.82) is 0 Å². The number of aliphatic imine (C=N–C) groups is 1. The summed E-state index contributed by atoms with van der Waals surface area (Å²) in [6, 6.07) is 13.6. The number of benzene rings is 2. The van der Waals surface area contributed by atoms with E-state index in [0.29, 0.717) is 34.5 Å². The fourth-order valence-corrected chi connectivity index (χ4v) is 3.88. The van der Waals surface area contributed by atoms with Crippen LogP contribution in [0.2, 0.25) is 0 Å². The van der Waals surface area contributed by atoms with Crippen molar-refractivity contribution in [2.45, 2.75) is 18.6 Å². The third-order valence-corrected chi connectivity index (χ3v) is 5.74. The Bertz CT molecular complexity index is 1010. The lowest BCUT2D eigenvalue weighted by Crippen LogP contribution is -2.43. The molecule has 8 nitrogen and oxygen atoms in total. The molecular formula is C22H23N3O5S. The van der Waals surface area contributed by atoms with E-state index >= 15 is 0 Å². The van der Waals surface area contributed by atoms with E-state index in [2.05, 4.69) is 10.3 Å². The SMILES string of the molecule is CCOC(=O)c1ccc(NC(=O)[C@@H]2CC(=O)N(C)C(=Nc3cccc(OC)c3)S2)cc1. The van der Waals surface area contributed by atoms with Gasteiger partial charge in [0, 0.05) is 25.2 Å². The predicted molar refractivity (Wildman–Crippen MR) is 120 cm³/mol. The molecule has 2 amide bonds. The van der Waals surface area contributed by atoms with E-state index in [9.17, 15) is 14.4 Å². The molecule has 2 aromatic carbocycles. The molecule has 9 heteroatoms. The highest BCUT2D eigenvalue weighted by atomic mass is 32.2. The van der Waals surface area contributed by atoms with Crippen LogP contribution in [0.15, 0.2) is 53.5 Å². The maximum atomic E-state index is 12.8. The summed E-state index contributed by atoms with van der Waals surface area (Å²) in [6.07, 6.45) is 0.0606. The minimum Gasteiger partial charge on any atom is -0.497 e. The highest BCUT2D eigenvalue weighted by Gasteiger charge is 2.34. The number of hydrogen-bond donors (Lipinski definition) is 1. The molecule has 0 saturated carbocycles. The zero-order chi connectivity index (χ0) is 22.4. The average Bonchev–Trinajstić information content (AvgIpc) is 2.77. The predicted octanol–water partition coefficient (Wildman–Crippen LogP) is 3.46. The van der Waals surface area contributed by atoms with Crippen molar-refractivity contribution in [1.82, 2.24) is 4.90 Å². The van der Waals surface area contributed by atoms with Crippen LogP contribution < -0.4 is 10.1 Å². The number of carbonyl (C=O) groups is 3. The van der Waals surface area contributed by atoms with Gasteiger partial charge in [-0.25, -0.2) is 9.79 Å². The minimum atomic E-state index is -0.627. The smallest absolute Gasteiger partial charge is 0.338 e. The maximum absolute atomic E-state index is 12.8. The van der Waals surface area contributed by atoms with Crippen LogP contribution in [0.5, 0.6) is 5.75 Å². The van der Waals surface area contributed by atoms with Crippen LogP contribution in [0.4, 0.5) is 11.4 Å². The molecule has 1 saturated heterocycles. The number of nitrogens with one attached hydrogen (secondary N) is 1. The van der Waals surface area contributed by atoms with E-state index in [0.717, 1.165) is 0 Å². The van der Waals surface area contributed by atoms with Gasteiger partial charge >= 0.3 is 5.97 Å². The molecule has 1 N–H and O–H groups in total. The monoisotopic (exact) mass is 441 g/mol. The highest BCUT2D eigenvalue weighted by molar-refractivity contribution is 8.15. The average molecular weight is 442 g/mol. The third kappa shape index (κ3) is 5.64. The first-order chi connectivity index (χ1) is 14.9. The summed E-state index contributed by atoms with van der Waals surface area (Å²) in [6.45, 7) is 2.03. The van der Waals surface area contributed by atoms with E-state index in [1.54, 1.807) is 69.6 Å². The summed E-state index contributed by atoms with van der Waals surface area (Å²) in [7, 11) is 3.20. The number of ether oxygens (including phenoxy) is 2. The standard InChI is InChI=1S/C22H23N3O5S/c1-4-30-21(28)14-8-10-15(11-9-14)23-20(27)18-13-19(26)25(2)22(31-18)24-16-6-5-7-17(12-16)29-3/h5-12,18H,4,13H2,1-3H3,(H,23,27)/t18-/m0/s1. The summed E-state index contributed by atoms with van der Waals surface area (Å²) in [5.41, 5.74) is 1.55. The fraction of sp³-hybridized carbons (Fsp3) is 0.273. The van der Waals surface area contributed by atoms with Crippen molar-refractivity contribution >= 4 is 46.1 Å². The summed E-state index contributed by atoms with van der Waals surface area (Å²) in [5.74, 6) is -0.278. The Morgan fingerprint density at radius 2 is 1.97 bits per heavy atom. The zero-order valence-corrected chi connectivity index (χ0v) is 18.3. The molecule has 0 spiro atoms. The Kier molecular flexibility index (Phi) is 7.30. The number of amidine groups is 1. The van der Waals surface area contributed by atoms with Crippen molar-refractivity contribution in [3.8, 4) is 5.75 Å². The number of thioether (sulfide) groups is 1. The van der Waals surface area contributed by atoms with Gasteiger partial charge in [0.1, 0.15) is 11.0 Å². The maximum Gasteiger partial charge on any atom is 0.338 e. The number of methoxy groups -OCH3 is 1. The van der Waals surface area contributed by atoms with Gasteiger partial charge in [0.25, 0.3) is 0 Å². The quantitative estimate of drug-likeness (QED) is 0.690. The van der Waals surface area contributed by atoms with Gasteiger partial charge in [0.15, 0.2) is 5.17 Å². The van der Waals surface area contributed by atoms with Gasteiger partial charge in [0.2, 0.25) is 11.8 Å². The Balaban J connectivity index is 1.71. The molecule has 0 radical (unpaired) electrons. The summed E-state index contributed by atoms with van der Waals surface area (Å²) < 4.78 is 10.2. The van der Waals surface area contributed by atoms with E-state index in [1.807, 2.05) is 0 Å². The lowest BCUT2D eigenvalue weighted by atomic mass is 10.2. The van der Waals surface area contributed by atoms with Gasteiger partial charge in [-0.15, -0.1) is 0 Å². The van der Waals surface area contributed by atoms with Crippen LogP contribution in [0.3, 0.4) is 0 Å². The number of anilines is 1. The zero-order valence-electron chi connectivity index (χ0n) is 17.5. The minimum absolute atomic E-state index is 0.0606. The second-order valence-electron chi connectivity index (χ2n) is 6.65. The summed E-state index contributed by atoms with van der Waals surface area (Å²) >= 11 is 1.22. The number of hydrogen-bond acceptors (Lipinski definition) is 7. The first-order valence-electron chi connectivity index (χ1n) is 9.65. The molecule has 1 aliphatic heterocycles. The van der Waals surface area contributed by atoms with Gasteiger partial charge in [-0.2, -0.15) is 0 Å². The molecule has 1 fully saturated rings. The van der Waals surface area contributed by atoms with Crippen molar-refractivity contribution in [3.63, 3.8) is 0 Å². The van der Waals surface area contributed by atoms with Crippen LogP contribution >= 0.6 is 11.8 Å². The molecule has 31 heavy (non-hydrogen) atoms. The third-order valence-electron chi connectivity index (χ3n) is 4.50. The molecule has 1 heterocycles. The van der Waals surface area contributed by atoms with Crippen LogP contribution in [0, 0.1) is 0 Å². The lowest BCUT2D eigenvalue weighted by Gasteiger charge is -2.28. The van der Waals surface area contributed by atoms with Crippen LogP contribution in [0.25, 0.3) is 0 Å². The normalized spacial score (nSPS) is 17.4. The highest BCUT2D eigenvalue weighted by Crippen LogP contribution is 2.30. The van der Waals surface area contributed by atoms with Crippen LogP contribution in [-0.4, -0.2) is 53.9 Å². The number of rotatable bonds is 6. The number of nitrogens with zero attached hydrogens (tertiary/aromatic N) is 2. The topological polar surface area (TPSA) is 97.3 Å². The van der Waals surface area contributed by atoms with E-state index in [4.69, 9.17) is 9.47 Å². The summed E-state index contributed by atoms with van der Waals surface area (Å²) in [4.78, 5) is 42.9. The first-order valence-corrected chi connectivity index (χ1v) is 10.5. The Morgan fingerprint density at radius 3 is 2.65 bits per heavy atom. The largest absolute Gasteiger partial charge is 0.497 e. The lowest BCUT2D eigenvalue weighted by molar-refractivity contribution is -0.128. The Morgan fingerprint density at radius 1 is 1.23 bits per heavy atom. The van der Waals surface area contributed by atoms with E-state index in [-0.39, 0.29) is 18.2 Å². The van der Waals surface area contributed by atoms with Gasteiger partial charge in [0.05, 0.1) is 25.0 Å². The van der Waals surface area contributed by atoms with Crippen molar-refractivity contribution < 1.29 is 23.9 Å². The summed E-state index contributed by atoms with van der Waals surface area (Å²) in [5, 5.41) is 2.60. The van der Waals surface area contributed by atoms with Crippen molar-refractivity contribution in [2.24, 2.45) is 4.99 Å². The number of amides is 2. The second kappa shape index (κ2) is 10.1. The molecule has 2 aromatic rings. The van der Waals surface area contributed by atoms with E-state index in [1.165, 1.54) is 16.7 Å². The van der Waals surface area contributed by atoms with Crippen molar-refractivity contribution in [3.05, 3.63) is 54.1 Å². The number of esters is 1. The molecule has 1 atom stereocenters. The molecule has 162 valence electrons. The molecule has 3 rings (SSSR count). The van der Waals surface area contributed by atoms with Gasteiger partial charge in [-0.1, -0.05) is 17.8 Å². The number of carbonyl (C=O) groups excluding carboxylic acids is 3. The van der Waals surface area contributed by atoms with Crippen LogP contribution in [0.1, 0.15) is 23.7 Å². The van der Waals surface area contributed by atoms with Gasteiger partial charge in [-0.3, -0.25) is 14.5 Å². The molecule has 0 aromatic heterocycles. The molecular weight excluding hydrogens is 418 g/mol. The molecule has 0 aliphatic carbocycles. The molecule has 1 aliphatic rings. The second-order valence-corrected chi connectivity index (χ2v) is 7.82. The van der Waals surface area contributed by atoms with Gasteiger partial charge in [-0.05, 0) is 43.3 Å². The fourth-order valence-electron chi connectivity index (χ4n) is 2.82. The molecule has 0 unspecified atom stereocenters. The van der Waals surface area contributed by atoms with Gasteiger partial charge < -0.3 is 14.8 Å².